The highest BCUT2D eigenvalue weighted by Gasteiger charge is 2.44. The summed E-state index contributed by atoms with van der Waals surface area (Å²) in [5.74, 6) is 1.83. The lowest BCUT2D eigenvalue weighted by molar-refractivity contribution is 0.230. The fourth-order valence-electron chi connectivity index (χ4n) is 4.25. The number of benzene rings is 1. The molecule has 0 radical (unpaired) electrons. The Bertz CT molecular complexity index is 1000. The van der Waals surface area contributed by atoms with Crippen LogP contribution in [-0.4, -0.2) is 49.7 Å². The number of rotatable bonds is 3. The second-order valence-corrected chi connectivity index (χ2v) is 7.13. The summed E-state index contributed by atoms with van der Waals surface area (Å²) in [6.07, 6.45) is 4.91. The zero-order valence-electron chi connectivity index (χ0n) is 14.6. The molecule has 4 heterocycles. The molecule has 2 aromatic heterocycles. The van der Waals surface area contributed by atoms with Crippen LogP contribution in [0.1, 0.15) is 23.4 Å². The second kappa shape index (κ2) is 5.78. The molecular weight excluding hydrogens is 326 g/mol. The first-order valence-corrected chi connectivity index (χ1v) is 8.89. The largest absolute Gasteiger partial charge is 0.348 e. The summed E-state index contributed by atoms with van der Waals surface area (Å²) >= 11 is 0. The minimum absolute atomic E-state index is 0.467. The Kier molecular flexibility index (Phi) is 3.40. The van der Waals surface area contributed by atoms with Gasteiger partial charge in [-0.2, -0.15) is 5.26 Å². The van der Waals surface area contributed by atoms with Crippen molar-refractivity contribution in [3.8, 4) is 6.07 Å². The third kappa shape index (κ3) is 2.34. The molecule has 2 bridgehead atoms. The number of hydrogen-bond acceptors (Lipinski definition) is 6. The predicted octanol–water partition coefficient (Wildman–Crippen LogP) is 1.77. The van der Waals surface area contributed by atoms with Gasteiger partial charge in [-0.25, -0.2) is 4.98 Å². The van der Waals surface area contributed by atoms with Crippen LogP contribution >= 0.6 is 0 Å². The lowest BCUT2D eigenvalue weighted by atomic mass is 10.1. The molecule has 2 saturated heterocycles. The Morgan fingerprint density at radius 1 is 1.15 bits per heavy atom. The fraction of sp³-hybridized carbons (Fsp3) is 0.368. The van der Waals surface area contributed by atoms with Crippen molar-refractivity contribution in [2.45, 2.75) is 32.0 Å². The van der Waals surface area contributed by atoms with Gasteiger partial charge in [0.15, 0.2) is 5.82 Å². The highest BCUT2D eigenvalue weighted by molar-refractivity contribution is 5.65. The highest BCUT2D eigenvalue weighted by atomic mass is 15.4. The second-order valence-electron chi connectivity index (χ2n) is 7.13. The van der Waals surface area contributed by atoms with E-state index in [1.165, 1.54) is 5.56 Å². The average Bonchev–Trinajstić information content (AvgIpc) is 3.37. The molecule has 0 N–H and O–H groups in total. The maximum Gasteiger partial charge on any atom is 0.203 e. The number of fused-ring (bicyclic) bond motifs is 3. The maximum atomic E-state index is 8.93. The van der Waals surface area contributed by atoms with Gasteiger partial charge in [0.2, 0.25) is 5.65 Å². The van der Waals surface area contributed by atoms with E-state index in [1.54, 1.807) is 0 Å². The molecule has 26 heavy (non-hydrogen) atoms. The van der Waals surface area contributed by atoms with Crippen LogP contribution in [0.3, 0.4) is 0 Å². The molecule has 2 fully saturated rings. The summed E-state index contributed by atoms with van der Waals surface area (Å²) in [6.45, 7) is 4.89. The topological polar surface area (TPSA) is 73.3 Å². The van der Waals surface area contributed by atoms with E-state index in [-0.39, 0.29) is 0 Å². The molecule has 0 saturated carbocycles. The minimum atomic E-state index is 0.467. The number of nitriles is 1. The molecule has 7 heteroatoms. The molecular formula is C19H19N7. The van der Waals surface area contributed by atoms with Crippen molar-refractivity contribution in [3.63, 3.8) is 0 Å². The Morgan fingerprint density at radius 3 is 2.73 bits per heavy atom. The molecule has 130 valence electrons. The van der Waals surface area contributed by atoms with Gasteiger partial charge in [0, 0.05) is 44.1 Å². The van der Waals surface area contributed by atoms with Crippen molar-refractivity contribution >= 4 is 11.5 Å². The number of aryl methyl sites for hydroxylation is 1. The molecule has 3 aromatic rings. The SMILES string of the molecule is Cc1nnc2c(N3CC4CC3CN4Cc3ccc(C#N)cc3)nccn12. The van der Waals surface area contributed by atoms with Crippen molar-refractivity contribution in [1.82, 2.24) is 24.5 Å². The Morgan fingerprint density at radius 2 is 2.00 bits per heavy atom. The normalized spacial score (nSPS) is 22.2. The van der Waals surface area contributed by atoms with Crippen LogP contribution in [0, 0.1) is 18.3 Å². The van der Waals surface area contributed by atoms with Gasteiger partial charge < -0.3 is 4.90 Å². The van der Waals surface area contributed by atoms with Crippen molar-refractivity contribution in [2.24, 2.45) is 0 Å². The molecule has 2 atom stereocenters. The summed E-state index contributed by atoms with van der Waals surface area (Å²) in [6, 6.07) is 11.1. The van der Waals surface area contributed by atoms with Gasteiger partial charge in [-0.1, -0.05) is 12.1 Å². The standard InChI is InChI=1S/C19H19N7/c1-13-22-23-19-18(21-6-7-25(13)19)26-12-16-8-17(26)11-24(16)10-15-4-2-14(9-20)3-5-15/h2-7,16-17H,8,10-12H2,1H3. The van der Waals surface area contributed by atoms with Crippen LogP contribution in [0.4, 0.5) is 5.82 Å². The quantitative estimate of drug-likeness (QED) is 0.720. The molecule has 1 aromatic carbocycles. The Hall–Kier alpha value is -2.98. The number of nitrogens with zero attached hydrogens (tertiary/aromatic N) is 7. The molecule has 2 aliphatic rings. The van der Waals surface area contributed by atoms with Gasteiger partial charge in [-0.3, -0.25) is 9.30 Å². The lowest BCUT2D eigenvalue weighted by Crippen LogP contribution is -2.46. The smallest absolute Gasteiger partial charge is 0.203 e. The molecule has 0 spiro atoms. The van der Waals surface area contributed by atoms with E-state index in [0.717, 1.165) is 43.3 Å². The maximum absolute atomic E-state index is 8.93. The van der Waals surface area contributed by atoms with Crippen LogP contribution in [-0.2, 0) is 6.54 Å². The Balaban J connectivity index is 1.34. The number of aromatic nitrogens is 4. The summed E-state index contributed by atoms with van der Waals surface area (Å²) in [5.41, 5.74) is 2.82. The van der Waals surface area contributed by atoms with Crippen LogP contribution in [0.25, 0.3) is 5.65 Å². The van der Waals surface area contributed by atoms with Gasteiger partial charge in [-0.15, -0.1) is 10.2 Å². The van der Waals surface area contributed by atoms with Crippen LogP contribution in [0.2, 0.25) is 0 Å². The van der Waals surface area contributed by atoms with Gasteiger partial charge in [0.25, 0.3) is 0 Å². The average molecular weight is 345 g/mol. The molecule has 2 unspecified atom stereocenters. The van der Waals surface area contributed by atoms with Gasteiger partial charge in [0.1, 0.15) is 5.82 Å². The Labute approximate surface area is 151 Å². The lowest BCUT2D eigenvalue weighted by Gasteiger charge is -2.34. The van der Waals surface area contributed by atoms with E-state index in [4.69, 9.17) is 5.26 Å². The number of likely N-dealkylation sites (tertiary alicyclic amines) is 1. The van der Waals surface area contributed by atoms with Crippen molar-refractivity contribution in [3.05, 3.63) is 53.6 Å². The third-order valence-corrected chi connectivity index (χ3v) is 5.57. The summed E-state index contributed by atoms with van der Waals surface area (Å²) in [5, 5.41) is 17.4. The molecule has 0 aliphatic carbocycles. The van der Waals surface area contributed by atoms with Crippen molar-refractivity contribution < 1.29 is 0 Å². The fourth-order valence-corrected chi connectivity index (χ4v) is 4.25. The van der Waals surface area contributed by atoms with Crippen molar-refractivity contribution in [1.29, 1.82) is 5.26 Å². The summed E-state index contributed by atoms with van der Waals surface area (Å²) < 4.78 is 2.00. The molecule has 0 amide bonds. The van der Waals surface area contributed by atoms with Crippen LogP contribution in [0.5, 0.6) is 0 Å². The molecule has 5 rings (SSSR count). The summed E-state index contributed by atoms with van der Waals surface area (Å²) in [7, 11) is 0. The first-order chi connectivity index (χ1) is 12.7. The van der Waals surface area contributed by atoms with E-state index in [9.17, 15) is 0 Å². The van der Waals surface area contributed by atoms with Crippen molar-refractivity contribution in [2.75, 3.05) is 18.0 Å². The van der Waals surface area contributed by atoms with Gasteiger partial charge in [-0.05, 0) is 31.0 Å². The number of hydrogen-bond donors (Lipinski definition) is 0. The zero-order chi connectivity index (χ0) is 17.7. The number of piperazine rings is 1. The number of anilines is 1. The van der Waals surface area contributed by atoms with Gasteiger partial charge >= 0.3 is 0 Å². The summed E-state index contributed by atoms with van der Waals surface area (Å²) in [4.78, 5) is 9.53. The highest BCUT2D eigenvalue weighted by Crippen LogP contribution is 2.35. The molecule has 2 aliphatic heterocycles. The van der Waals surface area contributed by atoms with E-state index < -0.39 is 0 Å². The van der Waals surface area contributed by atoms with E-state index in [2.05, 4.69) is 43.2 Å². The van der Waals surface area contributed by atoms with Gasteiger partial charge in [0.05, 0.1) is 11.6 Å². The van der Waals surface area contributed by atoms with E-state index in [1.807, 2.05) is 35.9 Å². The van der Waals surface area contributed by atoms with E-state index >= 15 is 0 Å². The third-order valence-electron chi connectivity index (χ3n) is 5.57. The predicted molar refractivity (Wildman–Crippen MR) is 96.6 cm³/mol. The van der Waals surface area contributed by atoms with E-state index in [0.29, 0.717) is 17.6 Å². The zero-order valence-corrected chi connectivity index (χ0v) is 14.6. The minimum Gasteiger partial charge on any atom is -0.348 e. The molecule has 7 nitrogen and oxygen atoms in total. The van der Waals surface area contributed by atoms with Crippen LogP contribution in [0.15, 0.2) is 36.7 Å². The monoisotopic (exact) mass is 345 g/mol. The van der Waals surface area contributed by atoms with Crippen LogP contribution < -0.4 is 4.90 Å². The first-order valence-electron chi connectivity index (χ1n) is 8.89. The first kappa shape index (κ1) is 15.3.